The third kappa shape index (κ3) is 2.01. The highest BCUT2D eigenvalue weighted by Crippen LogP contribution is 2.35. The Morgan fingerprint density at radius 1 is 0.692 bits per heavy atom. The average molecular weight is 358 g/mol. The Balaban J connectivity index is 2.02. The molecular weight excluding hydrogens is 344 g/mol. The van der Waals surface area contributed by atoms with E-state index in [0.29, 0.717) is 11.0 Å². The first-order valence-corrected chi connectivity index (χ1v) is 9.69. The minimum absolute atomic E-state index is 0.260. The lowest BCUT2D eigenvalue weighted by Crippen LogP contribution is -2.12. The van der Waals surface area contributed by atoms with Crippen molar-refractivity contribution in [2.45, 2.75) is 4.90 Å². The molecule has 26 heavy (non-hydrogen) atoms. The minimum atomic E-state index is -3.74. The van der Waals surface area contributed by atoms with E-state index in [-0.39, 0.29) is 4.90 Å². The van der Waals surface area contributed by atoms with Crippen LogP contribution in [-0.2, 0) is 10.0 Å². The molecule has 3 aromatic carbocycles. The van der Waals surface area contributed by atoms with E-state index in [9.17, 15) is 8.42 Å². The molecule has 4 nitrogen and oxygen atoms in total. The van der Waals surface area contributed by atoms with Crippen molar-refractivity contribution < 1.29 is 8.42 Å². The largest absolute Gasteiger partial charge is 0.268 e. The summed E-state index contributed by atoms with van der Waals surface area (Å²) in [5.41, 5.74) is 2.10. The molecular formula is C21H14N2O2S. The number of fused-ring (bicyclic) bond motifs is 5. The Hall–Kier alpha value is -3.18. The predicted molar refractivity (Wildman–Crippen MR) is 104 cm³/mol. The Labute approximate surface area is 150 Å². The molecule has 2 aromatic heterocycles. The van der Waals surface area contributed by atoms with Crippen LogP contribution >= 0.6 is 0 Å². The highest BCUT2D eigenvalue weighted by molar-refractivity contribution is 7.90. The van der Waals surface area contributed by atoms with E-state index >= 15 is 0 Å². The average Bonchev–Trinajstić information content (AvgIpc) is 3.04. The van der Waals surface area contributed by atoms with Gasteiger partial charge < -0.3 is 0 Å². The second-order valence-corrected chi connectivity index (χ2v) is 7.92. The summed E-state index contributed by atoms with van der Waals surface area (Å²) in [6.45, 7) is 0. The fourth-order valence-corrected chi connectivity index (χ4v) is 5.04. The number of pyridine rings is 1. The van der Waals surface area contributed by atoms with Gasteiger partial charge in [0.1, 0.15) is 0 Å². The first-order chi connectivity index (χ1) is 12.7. The summed E-state index contributed by atoms with van der Waals surface area (Å²) in [5, 5.41) is 2.76. The van der Waals surface area contributed by atoms with Crippen molar-refractivity contribution in [2.24, 2.45) is 0 Å². The van der Waals surface area contributed by atoms with E-state index in [4.69, 9.17) is 0 Å². The quantitative estimate of drug-likeness (QED) is 0.464. The van der Waals surface area contributed by atoms with E-state index in [0.717, 1.165) is 21.7 Å². The van der Waals surface area contributed by atoms with Crippen LogP contribution in [0.15, 0.2) is 90.0 Å². The van der Waals surface area contributed by atoms with Gasteiger partial charge in [-0.05, 0) is 24.3 Å². The molecule has 0 aliphatic heterocycles. The molecule has 0 aliphatic carbocycles. The van der Waals surface area contributed by atoms with Gasteiger partial charge >= 0.3 is 0 Å². The Bertz CT molecular complexity index is 1390. The van der Waals surface area contributed by atoms with Gasteiger partial charge in [0.15, 0.2) is 0 Å². The predicted octanol–water partition coefficient (Wildman–Crippen LogP) is 4.58. The van der Waals surface area contributed by atoms with Gasteiger partial charge in [-0.1, -0.05) is 54.6 Å². The topological polar surface area (TPSA) is 52.0 Å². The number of hydrogen-bond acceptors (Lipinski definition) is 3. The van der Waals surface area contributed by atoms with Crippen molar-refractivity contribution in [3.05, 3.63) is 85.1 Å². The highest BCUT2D eigenvalue weighted by atomic mass is 32.2. The molecule has 5 heteroatoms. The van der Waals surface area contributed by atoms with Gasteiger partial charge in [0.2, 0.25) is 0 Å². The number of rotatable bonds is 2. The van der Waals surface area contributed by atoms with Gasteiger partial charge in [0, 0.05) is 16.2 Å². The molecule has 0 saturated carbocycles. The summed E-state index contributed by atoms with van der Waals surface area (Å²) >= 11 is 0. The molecule has 0 radical (unpaired) electrons. The Morgan fingerprint density at radius 3 is 2.15 bits per heavy atom. The normalized spacial score (nSPS) is 12.2. The molecule has 0 atom stereocenters. The molecule has 0 amide bonds. The SMILES string of the molecule is O=S(=O)(c1ccccc1)n1c2ccccc2c2c3ccccc3ncc21. The van der Waals surface area contributed by atoms with Crippen molar-refractivity contribution >= 4 is 42.7 Å². The third-order valence-corrected chi connectivity index (χ3v) is 6.39. The number of aromatic nitrogens is 2. The monoisotopic (exact) mass is 358 g/mol. The van der Waals surface area contributed by atoms with Gasteiger partial charge in [-0.25, -0.2) is 12.4 Å². The van der Waals surface area contributed by atoms with Crippen LogP contribution in [0.3, 0.4) is 0 Å². The molecule has 0 saturated heterocycles. The van der Waals surface area contributed by atoms with Gasteiger partial charge in [0.05, 0.1) is 27.6 Å². The second kappa shape index (κ2) is 5.41. The molecule has 5 aromatic rings. The van der Waals surface area contributed by atoms with E-state index in [1.54, 1.807) is 36.5 Å². The zero-order chi connectivity index (χ0) is 17.7. The van der Waals surface area contributed by atoms with Crippen molar-refractivity contribution in [1.29, 1.82) is 0 Å². The van der Waals surface area contributed by atoms with Crippen LogP contribution < -0.4 is 0 Å². The lowest BCUT2D eigenvalue weighted by Gasteiger charge is -2.09. The molecule has 0 aliphatic rings. The summed E-state index contributed by atoms with van der Waals surface area (Å²) in [4.78, 5) is 4.75. The number of benzene rings is 3. The molecule has 0 N–H and O–H groups in total. The number of hydrogen-bond donors (Lipinski definition) is 0. The van der Waals surface area contributed by atoms with Gasteiger partial charge in [-0.15, -0.1) is 0 Å². The first-order valence-electron chi connectivity index (χ1n) is 8.25. The summed E-state index contributed by atoms with van der Waals surface area (Å²) in [6.07, 6.45) is 1.65. The van der Waals surface area contributed by atoms with Crippen molar-refractivity contribution in [1.82, 2.24) is 8.96 Å². The van der Waals surface area contributed by atoms with E-state index in [2.05, 4.69) is 4.98 Å². The first kappa shape index (κ1) is 15.1. The van der Waals surface area contributed by atoms with Crippen LogP contribution in [0.4, 0.5) is 0 Å². The minimum Gasteiger partial charge on any atom is -0.254 e. The maximum atomic E-state index is 13.4. The fourth-order valence-electron chi connectivity index (χ4n) is 3.52. The number of nitrogens with zero attached hydrogens (tertiary/aromatic N) is 2. The van der Waals surface area contributed by atoms with Crippen LogP contribution in [0.25, 0.3) is 32.7 Å². The van der Waals surface area contributed by atoms with Gasteiger partial charge in [-0.2, -0.15) is 0 Å². The lowest BCUT2D eigenvalue weighted by atomic mass is 10.1. The zero-order valence-corrected chi connectivity index (χ0v) is 14.5. The highest BCUT2D eigenvalue weighted by Gasteiger charge is 2.24. The van der Waals surface area contributed by atoms with Gasteiger partial charge in [0.25, 0.3) is 10.0 Å². The molecule has 0 bridgehead atoms. The summed E-state index contributed by atoms with van der Waals surface area (Å²) in [6, 6.07) is 23.9. The Morgan fingerprint density at radius 2 is 1.35 bits per heavy atom. The van der Waals surface area contributed by atoms with Crippen molar-refractivity contribution in [2.75, 3.05) is 0 Å². The molecule has 5 rings (SSSR count). The molecule has 0 fully saturated rings. The smallest absolute Gasteiger partial charge is 0.254 e. The van der Waals surface area contributed by atoms with Crippen LogP contribution in [0, 0.1) is 0 Å². The van der Waals surface area contributed by atoms with E-state index in [1.807, 2.05) is 48.5 Å². The summed E-state index contributed by atoms with van der Waals surface area (Å²) < 4.78 is 28.2. The molecule has 126 valence electrons. The van der Waals surface area contributed by atoms with Crippen molar-refractivity contribution in [3.8, 4) is 0 Å². The molecule has 0 unspecified atom stereocenters. The Kier molecular flexibility index (Phi) is 3.14. The summed E-state index contributed by atoms with van der Waals surface area (Å²) in [5.74, 6) is 0. The summed E-state index contributed by atoms with van der Waals surface area (Å²) in [7, 11) is -3.74. The molecule has 0 spiro atoms. The van der Waals surface area contributed by atoms with E-state index in [1.165, 1.54) is 3.97 Å². The van der Waals surface area contributed by atoms with Crippen LogP contribution in [0.5, 0.6) is 0 Å². The van der Waals surface area contributed by atoms with Crippen LogP contribution in [-0.4, -0.2) is 17.4 Å². The van der Waals surface area contributed by atoms with Gasteiger partial charge in [-0.3, -0.25) is 4.98 Å². The van der Waals surface area contributed by atoms with Crippen LogP contribution in [0.2, 0.25) is 0 Å². The lowest BCUT2D eigenvalue weighted by molar-refractivity contribution is 0.590. The second-order valence-electron chi connectivity index (χ2n) is 6.14. The number of para-hydroxylation sites is 2. The fraction of sp³-hybridized carbons (Fsp3) is 0. The standard InChI is InChI=1S/C21H14N2O2S/c24-26(25,15-8-2-1-3-9-15)23-19-13-7-5-11-17(19)21-16-10-4-6-12-18(16)22-14-20(21)23/h1-14H. The van der Waals surface area contributed by atoms with Crippen LogP contribution in [0.1, 0.15) is 0 Å². The van der Waals surface area contributed by atoms with Crippen molar-refractivity contribution in [3.63, 3.8) is 0 Å². The molecule has 2 heterocycles. The zero-order valence-electron chi connectivity index (χ0n) is 13.7. The third-order valence-electron chi connectivity index (χ3n) is 4.65. The maximum absolute atomic E-state index is 13.4. The van der Waals surface area contributed by atoms with E-state index < -0.39 is 10.0 Å². The maximum Gasteiger partial charge on any atom is 0.268 e.